The van der Waals surface area contributed by atoms with E-state index in [1.807, 2.05) is 0 Å². The molecule has 1 atom stereocenters. The summed E-state index contributed by atoms with van der Waals surface area (Å²) in [6.45, 7) is 3.67. The van der Waals surface area contributed by atoms with Gasteiger partial charge in [-0.2, -0.15) is 5.10 Å². The van der Waals surface area contributed by atoms with Crippen LogP contribution in [0.2, 0.25) is 0 Å². The van der Waals surface area contributed by atoms with E-state index in [9.17, 15) is 9.59 Å². The highest BCUT2D eigenvalue weighted by Crippen LogP contribution is 2.29. The second-order valence-corrected chi connectivity index (χ2v) is 5.23. The minimum atomic E-state index is -0.874. The molecule has 1 aromatic rings. The van der Waals surface area contributed by atoms with Crippen LogP contribution in [0.5, 0.6) is 0 Å². The average Bonchev–Trinajstić information content (AvgIpc) is 3.10. The van der Waals surface area contributed by atoms with Gasteiger partial charge < -0.3 is 10.0 Å². The van der Waals surface area contributed by atoms with Gasteiger partial charge in [-0.15, -0.1) is 0 Å². The smallest absolute Gasteiger partial charge is 0.308 e. The Bertz CT molecular complexity index is 505. The molecule has 0 unspecified atom stereocenters. The summed E-state index contributed by atoms with van der Waals surface area (Å²) in [5, 5.41) is 13.2. The second-order valence-electron chi connectivity index (χ2n) is 5.23. The number of carbonyl (C=O) groups excluding carboxylic acids is 1. The monoisotopic (exact) mass is 265 g/mol. The van der Waals surface area contributed by atoms with E-state index in [2.05, 4.69) is 5.10 Å². The predicted octanol–water partition coefficient (Wildman–Crippen LogP) is 1.05. The normalized spacial score (nSPS) is 16.2. The van der Waals surface area contributed by atoms with Crippen molar-refractivity contribution in [2.24, 2.45) is 13.0 Å². The number of aryl methyl sites for hydroxylation is 2. The maximum Gasteiger partial charge on any atom is 0.308 e. The van der Waals surface area contributed by atoms with E-state index in [0.717, 1.165) is 12.8 Å². The lowest BCUT2D eigenvalue weighted by Gasteiger charge is -2.24. The van der Waals surface area contributed by atoms with Crippen LogP contribution in [0.15, 0.2) is 6.20 Å². The van der Waals surface area contributed by atoms with E-state index in [1.54, 1.807) is 36.7 Å². The number of aliphatic carboxylic acids is 1. The first-order valence-corrected chi connectivity index (χ1v) is 6.44. The summed E-state index contributed by atoms with van der Waals surface area (Å²) < 4.78 is 1.61. The van der Waals surface area contributed by atoms with Crippen molar-refractivity contribution in [1.82, 2.24) is 14.7 Å². The highest BCUT2D eigenvalue weighted by Gasteiger charge is 2.35. The summed E-state index contributed by atoms with van der Waals surface area (Å²) in [5.41, 5.74) is 1.24. The van der Waals surface area contributed by atoms with Gasteiger partial charge in [0.25, 0.3) is 5.91 Å². The minimum Gasteiger partial charge on any atom is -0.481 e. The molecular formula is C13H19N3O3. The van der Waals surface area contributed by atoms with E-state index in [4.69, 9.17) is 5.11 Å². The first-order chi connectivity index (χ1) is 8.90. The Morgan fingerprint density at radius 2 is 2.21 bits per heavy atom. The van der Waals surface area contributed by atoms with Crippen LogP contribution in [0.1, 0.15) is 35.8 Å². The molecule has 2 rings (SSSR count). The molecule has 1 aliphatic carbocycles. The fourth-order valence-electron chi connectivity index (χ4n) is 2.12. The quantitative estimate of drug-likeness (QED) is 0.863. The molecule has 6 heteroatoms. The van der Waals surface area contributed by atoms with Crippen molar-refractivity contribution in [3.05, 3.63) is 17.5 Å². The molecule has 104 valence electrons. The third kappa shape index (κ3) is 2.94. The van der Waals surface area contributed by atoms with Crippen molar-refractivity contribution in [3.8, 4) is 0 Å². The maximum atomic E-state index is 12.5. The number of carboxylic acids is 1. The van der Waals surface area contributed by atoms with Gasteiger partial charge in [-0.3, -0.25) is 14.3 Å². The van der Waals surface area contributed by atoms with Gasteiger partial charge in [0.05, 0.1) is 17.2 Å². The zero-order valence-electron chi connectivity index (χ0n) is 11.5. The van der Waals surface area contributed by atoms with Crippen molar-refractivity contribution in [1.29, 1.82) is 0 Å². The van der Waals surface area contributed by atoms with Gasteiger partial charge in [-0.1, -0.05) is 6.92 Å². The maximum absolute atomic E-state index is 12.5. The standard InChI is InChI=1S/C13H19N3O3/c1-8(13(18)19)6-16(10-4-5-10)12(17)11-7-15(3)14-9(11)2/h7-8,10H,4-6H2,1-3H3,(H,18,19)/t8-/m1/s1. The summed E-state index contributed by atoms with van der Waals surface area (Å²) in [6.07, 6.45) is 3.60. The average molecular weight is 265 g/mol. The van der Waals surface area contributed by atoms with Crippen LogP contribution in [0.25, 0.3) is 0 Å². The number of carbonyl (C=O) groups is 2. The Kier molecular flexibility index (Phi) is 3.59. The molecule has 1 aliphatic rings. The molecule has 1 heterocycles. The molecule has 0 aromatic carbocycles. The van der Waals surface area contributed by atoms with Crippen molar-refractivity contribution >= 4 is 11.9 Å². The zero-order chi connectivity index (χ0) is 14.2. The minimum absolute atomic E-state index is 0.110. The van der Waals surface area contributed by atoms with Crippen molar-refractivity contribution in [2.75, 3.05) is 6.54 Å². The lowest BCUT2D eigenvalue weighted by atomic mass is 10.1. The fourth-order valence-corrected chi connectivity index (χ4v) is 2.12. The van der Waals surface area contributed by atoms with Crippen molar-refractivity contribution < 1.29 is 14.7 Å². The van der Waals surface area contributed by atoms with Crippen LogP contribution in [-0.4, -0.2) is 44.3 Å². The van der Waals surface area contributed by atoms with Gasteiger partial charge in [0.15, 0.2) is 0 Å². The molecule has 1 N–H and O–H groups in total. The van der Waals surface area contributed by atoms with Crippen LogP contribution >= 0.6 is 0 Å². The number of hydrogen-bond donors (Lipinski definition) is 1. The molecule has 0 bridgehead atoms. The SMILES string of the molecule is Cc1nn(C)cc1C(=O)N(C[C@@H](C)C(=O)O)C1CC1. The number of aromatic nitrogens is 2. The summed E-state index contributed by atoms with van der Waals surface area (Å²) in [7, 11) is 1.77. The van der Waals surface area contributed by atoms with E-state index < -0.39 is 11.9 Å². The number of rotatable bonds is 5. The van der Waals surface area contributed by atoms with Crippen LogP contribution in [-0.2, 0) is 11.8 Å². The Morgan fingerprint density at radius 3 is 2.63 bits per heavy atom. The van der Waals surface area contributed by atoms with Crippen LogP contribution < -0.4 is 0 Å². The van der Waals surface area contributed by atoms with Crippen LogP contribution in [0.3, 0.4) is 0 Å². The molecular weight excluding hydrogens is 246 g/mol. The molecule has 0 radical (unpaired) electrons. The molecule has 1 fully saturated rings. The van der Waals surface area contributed by atoms with Gasteiger partial charge in [0, 0.05) is 25.8 Å². The first-order valence-electron chi connectivity index (χ1n) is 6.44. The predicted molar refractivity (Wildman–Crippen MR) is 68.8 cm³/mol. The zero-order valence-corrected chi connectivity index (χ0v) is 11.5. The summed E-state index contributed by atoms with van der Waals surface area (Å²) in [4.78, 5) is 25.1. The molecule has 19 heavy (non-hydrogen) atoms. The molecule has 1 saturated carbocycles. The first kappa shape index (κ1) is 13.6. The number of hydrogen-bond acceptors (Lipinski definition) is 3. The summed E-state index contributed by atoms with van der Waals surface area (Å²) in [6, 6.07) is 0.189. The number of carboxylic acid groups (broad SMARTS) is 1. The van der Waals surface area contributed by atoms with E-state index >= 15 is 0 Å². The molecule has 1 aromatic heterocycles. The van der Waals surface area contributed by atoms with Crippen molar-refractivity contribution in [2.45, 2.75) is 32.7 Å². The Hall–Kier alpha value is -1.85. The van der Waals surface area contributed by atoms with E-state index in [-0.39, 0.29) is 18.5 Å². The van der Waals surface area contributed by atoms with Gasteiger partial charge in [-0.25, -0.2) is 0 Å². The summed E-state index contributed by atoms with van der Waals surface area (Å²) in [5.74, 6) is -1.54. The van der Waals surface area contributed by atoms with Crippen LogP contribution in [0, 0.1) is 12.8 Å². The lowest BCUT2D eigenvalue weighted by molar-refractivity contribution is -0.141. The molecule has 0 spiro atoms. The molecule has 0 saturated heterocycles. The third-order valence-electron chi connectivity index (χ3n) is 3.38. The van der Waals surface area contributed by atoms with Crippen molar-refractivity contribution in [3.63, 3.8) is 0 Å². The topological polar surface area (TPSA) is 75.4 Å². The largest absolute Gasteiger partial charge is 0.481 e. The molecule has 6 nitrogen and oxygen atoms in total. The number of amides is 1. The highest BCUT2D eigenvalue weighted by atomic mass is 16.4. The van der Waals surface area contributed by atoms with Gasteiger partial charge >= 0.3 is 5.97 Å². The van der Waals surface area contributed by atoms with Gasteiger partial charge in [0.1, 0.15) is 0 Å². The van der Waals surface area contributed by atoms with Gasteiger partial charge in [-0.05, 0) is 19.8 Å². The third-order valence-corrected chi connectivity index (χ3v) is 3.38. The highest BCUT2D eigenvalue weighted by molar-refractivity contribution is 5.95. The summed E-state index contributed by atoms with van der Waals surface area (Å²) >= 11 is 0. The molecule has 0 aliphatic heterocycles. The Labute approximate surface area is 112 Å². The molecule has 1 amide bonds. The number of nitrogens with zero attached hydrogens (tertiary/aromatic N) is 3. The van der Waals surface area contributed by atoms with E-state index in [0.29, 0.717) is 11.3 Å². The van der Waals surface area contributed by atoms with Gasteiger partial charge in [0.2, 0.25) is 0 Å². The Balaban J connectivity index is 2.17. The Morgan fingerprint density at radius 1 is 1.58 bits per heavy atom. The second kappa shape index (κ2) is 5.03. The van der Waals surface area contributed by atoms with E-state index in [1.165, 1.54) is 0 Å². The fraction of sp³-hybridized carbons (Fsp3) is 0.615. The lowest BCUT2D eigenvalue weighted by Crippen LogP contribution is -2.38. The van der Waals surface area contributed by atoms with Crippen LogP contribution in [0.4, 0.5) is 0 Å².